The molecule has 2 nitrogen and oxygen atoms in total. The number of nitrogens with zero attached hydrogens (tertiary/aromatic N) is 1. The van der Waals surface area contributed by atoms with Crippen molar-refractivity contribution in [2.75, 3.05) is 0 Å². The van der Waals surface area contributed by atoms with Gasteiger partial charge in [0.2, 0.25) is 0 Å². The van der Waals surface area contributed by atoms with Gasteiger partial charge in [0.25, 0.3) is 0 Å². The van der Waals surface area contributed by atoms with Crippen LogP contribution in [0.3, 0.4) is 0 Å². The maximum absolute atomic E-state index is 9.25. The summed E-state index contributed by atoms with van der Waals surface area (Å²) in [5.41, 5.74) is 0.915. The van der Waals surface area contributed by atoms with Gasteiger partial charge < -0.3 is 5.11 Å². The third kappa shape index (κ3) is 2.05. The summed E-state index contributed by atoms with van der Waals surface area (Å²) in [4.78, 5) is 5.34. The summed E-state index contributed by atoms with van der Waals surface area (Å²) in [7, 11) is 0. The van der Waals surface area contributed by atoms with E-state index in [4.69, 9.17) is 11.6 Å². The number of pyridine rings is 1. The quantitative estimate of drug-likeness (QED) is 0.801. The van der Waals surface area contributed by atoms with Gasteiger partial charge in [-0.05, 0) is 25.1 Å². The molecule has 0 aliphatic heterocycles. The van der Waals surface area contributed by atoms with Crippen LogP contribution in [0, 0.1) is 0 Å². The summed E-state index contributed by atoms with van der Waals surface area (Å²) >= 11 is 7.43. The Kier molecular flexibility index (Phi) is 2.72. The average molecular weight is 228 g/mol. The molecular weight excluding hydrogens is 218 g/mol. The molecule has 4 heteroatoms. The van der Waals surface area contributed by atoms with Crippen molar-refractivity contribution < 1.29 is 5.11 Å². The number of aliphatic hydroxyl groups is 1. The second-order valence-electron chi connectivity index (χ2n) is 3.28. The lowest BCUT2D eigenvalue weighted by atomic mass is 10.2. The molecule has 0 spiro atoms. The van der Waals surface area contributed by atoms with Crippen molar-refractivity contribution in [1.29, 1.82) is 0 Å². The van der Waals surface area contributed by atoms with Crippen molar-refractivity contribution in [2.24, 2.45) is 0 Å². The molecule has 0 radical (unpaired) electrons. The molecule has 0 saturated carbocycles. The minimum Gasteiger partial charge on any atom is -0.393 e. The topological polar surface area (TPSA) is 33.1 Å². The third-order valence-electron chi connectivity index (χ3n) is 1.89. The van der Waals surface area contributed by atoms with E-state index in [0.717, 1.165) is 15.1 Å². The SMILES string of the molecule is C[C@H](O)Cc1cc2nc(Cl)ccc2s1. The first-order chi connectivity index (χ1) is 6.65. The number of hydrogen-bond acceptors (Lipinski definition) is 3. The third-order valence-corrected chi connectivity index (χ3v) is 3.21. The molecule has 0 fully saturated rings. The average Bonchev–Trinajstić information content (AvgIpc) is 2.44. The molecule has 0 saturated heterocycles. The summed E-state index contributed by atoms with van der Waals surface area (Å²) in [6, 6.07) is 5.73. The second-order valence-corrected chi connectivity index (χ2v) is 4.84. The Balaban J connectivity index is 2.41. The Labute approximate surface area is 91.2 Å². The number of fused-ring (bicyclic) bond motifs is 1. The van der Waals surface area contributed by atoms with E-state index in [0.29, 0.717) is 11.6 Å². The van der Waals surface area contributed by atoms with Crippen LogP contribution < -0.4 is 0 Å². The Bertz CT molecular complexity index is 452. The van der Waals surface area contributed by atoms with E-state index in [9.17, 15) is 5.11 Å². The Morgan fingerprint density at radius 1 is 1.57 bits per heavy atom. The number of aliphatic hydroxyl groups excluding tert-OH is 1. The molecular formula is C10H10ClNOS. The van der Waals surface area contributed by atoms with Crippen LogP contribution in [0.5, 0.6) is 0 Å². The largest absolute Gasteiger partial charge is 0.393 e. The molecule has 0 aliphatic carbocycles. The van der Waals surface area contributed by atoms with Crippen LogP contribution in [0.2, 0.25) is 5.15 Å². The van der Waals surface area contributed by atoms with Gasteiger partial charge in [0, 0.05) is 11.3 Å². The van der Waals surface area contributed by atoms with E-state index in [1.807, 2.05) is 12.1 Å². The molecule has 14 heavy (non-hydrogen) atoms. The van der Waals surface area contributed by atoms with Crippen molar-refractivity contribution in [3.05, 3.63) is 28.2 Å². The van der Waals surface area contributed by atoms with Crippen molar-refractivity contribution in [2.45, 2.75) is 19.4 Å². The second kappa shape index (κ2) is 3.85. The number of halogens is 1. The van der Waals surface area contributed by atoms with Crippen LogP contribution in [0.25, 0.3) is 10.2 Å². The monoisotopic (exact) mass is 227 g/mol. The normalized spacial score (nSPS) is 13.4. The van der Waals surface area contributed by atoms with E-state index in [2.05, 4.69) is 4.98 Å². The molecule has 1 N–H and O–H groups in total. The van der Waals surface area contributed by atoms with Gasteiger partial charge in [-0.2, -0.15) is 0 Å². The van der Waals surface area contributed by atoms with Crippen LogP contribution in [0.15, 0.2) is 18.2 Å². The zero-order valence-corrected chi connectivity index (χ0v) is 9.27. The van der Waals surface area contributed by atoms with Crippen molar-refractivity contribution in [3.63, 3.8) is 0 Å². The first kappa shape index (κ1) is 9.90. The smallest absolute Gasteiger partial charge is 0.129 e. The highest BCUT2D eigenvalue weighted by atomic mass is 35.5. The van der Waals surface area contributed by atoms with Crippen molar-refractivity contribution in [1.82, 2.24) is 4.98 Å². The standard InChI is InChI=1S/C10H10ClNOS/c1-6(13)4-7-5-8-9(14-7)2-3-10(11)12-8/h2-3,5-6,13H,4H2,1H3/t6-/m0/s1. The van der Waals surface area contributed by atoms with Crippen LogP contribution in [0.1, 0.15) is 11.8 Å². The minimum atomic E-state index is -0.307. The highest BCUT2D eigenvalue weighted by Crippen LogP contribution is 2.26. The molecule has 0 aliphatic rings. The first-order valence-corrected chi connectivity index (χ1v) is 5.57. The van der Waals surface area contributed by atoms with Gasteiger partial charge in [0.1, 0.15) is 5.15 Å². The van der Waals surface area contributed by atoms with E-state index < -0.39 is 0 Å². The zero-order valence-electron chi connectivity index (χ0n) is 7.70. The lowest BCUT2D eigenvalue weighted by Gasteiger charge is -1.98. The summed E-state index contributed by atoms with van der Waals surface area (Å²) in [6.45, 7) is 1.78. The summed E-state index contributed by atoms with van der Waals surface area (Å²) in [5.74, 6) is 0. The van der Waals surface area contributed by atoms with Gasteiger partial charge in [0.15, 0.2) is 0 Å². The zero-order chi connectivity index (χ0) is 10.1. The number of hydrogen-bond donors (Lipinski definition) is 1. The van der Waals surface area contributed by atoms with E-state index >= 15 is 0 Å². The molecule has 0 unspecified atom stereocenters. The maximum atomic E-state index is 9.25. The fourth-order valence-corrected chi connectivity index (χ4v) is 2.62. The Morgan fingerprint density at radius 3 is 3.07 bits per heavy atom. The highest BCUT2D eigenvalue weighted by molar-refractivity contribution is 7.19. The molecule has 2 rings (SSSR count). The molecule has 2 heterocycles. The van der Waals surface area contributed by atoms with Gasteiger partial charge in [-0.1, -0.05) is 11.6 Å². The van der Waals surface area contributed by atoms with Crippen LogP contribution in [0.4, 0.5) is 0 Å². The molecule has 0 amide bonds. The lowest BCUT2D eigenvalue weighted by Crippen LogP contribution is -2.01. The summed E-state index contributed by atoms with van der Waals surface area (Å²) in [6.07, 6.45) is 0.372. The number of thiophene rings is 1. The van der Waals surface area contributed by atoms with Gasteiger partial charge >= 0.3 is 0 Å². The summed E-state index contributed by atoms with van der Waals surface area (Å²) in [5, 5.41) is 9.76. The molecule has 74 valence electrons. The van der Waals surface area contributed by atoms with Crippen molar-refractivity contribution in [3.8, 4) is 0 Å². The lowest BCUT2D eigenvalue weighted by molar-refractivity contribution is 0.196. The van der Waals surface area contributed by atoms with E-state index in [1.54, 1.807) is 24.3 Å². The molecule has 0 bridgehead atoms. The van der Waals surface area contributed by atoms with Crippen molar-refractivity contribution >= 4 is 33.2 Å². The van der Waals surface area contributed by atoms with Crippen LogP contribution >= 0.6 is 22.9 Å². The fourth-order valence-electron chi connectivity index (χ4n) is 1.34. The maximum Gasteiger partial charge on any atom is 0.129 e. The predicted molar refractivity (Wildman–Crippen MR) is 60.0 cm³/mol. The summed E-state index contributed by atoms with van der Waals surface area (Å²) < 4.78 is 1.12. The Hall–Kier alpha value is -0.640. The molecule has 0 aromatic carbocycles. The van der Waals surface area contributed by atoms with Gasteiger partial charge in [-0.15, -0.1) is 11.3 Å². The molecule has 2 aromatic heterocycles. The van der Waals surface area contributed by atoms with Gasteiger partial charge in [-0.25, -0.2) is 4.98 Å². The predicted octanol–water partition coefficient (Wildman–Crippen LogP) is 2.87. The first-order valence-electron chi connectivity index (χ1n) is 4.38. The minimum absolute atomic E-state index is 0.307. The highest BCUT2D eigenvalue weighted by Gasteiger charge is 2.05. The number of rotatable bonds is 2. The number of aromatic nitrogens is 1. The van der Waals surface area contributed by atoms with Crippen LogP contribution in [-0.4, -0.2) is 16.2 Å². The molecule has 1 atom stereocenters. The fraction of sp³-hybridized carbons (Fsp3) is 0.300. The van der Waals surface area contributed by atoms with Gasteiger partial charge in [0.05, 0.1) is 16.3 Å². The van der Waals surface area contributed by atoms with E-state index in [-0.39, 0.29) is 6.10 Å². The van der Waals surface area contributed by atoms with E-state index in [1.165, 1.54) is 0 Å². The van der Waals surface area contributed by atoms with Crippen LogP contribution in [-0.2, 0) is 6.42 Å². The van der Waals surface area contributed by atoms with Gasteiger partial charge in [-0.3, -0.25) is 0 Å². The Morgan fingerprint density at radius 2 is 2.36 bits per heavy atom. The molecule has 2 aromatic rings.